The third-order valence-corrected chi connectivity index (χ3v) is 3.93. The van der Waals surface area contributed by atoms with Gasteiger partial charge in [0.05, 0.1) is 0 Å². The molecule has 16 heavy (non-hydrogen) atoms. The lowest BCUT2D eigenvalue weighted by molar-refractivity contribution is 0.632. The zero-order chi connectivity index (χ0) is 11.0. The van der Waals surface area contributed by atoms with Crippen molar-refractivity contribution in [3.05, 3.63) is 28.8 Å². The van der Waals surface area contributed by atoms with Crippen molar-refractivity contribution in [1.29, 1.82) is 0 Å². The van der Waals surface area contributed by atoms with Crippen molar-refractivity contribution >= 4 is 5.69 Å². The zero-order valence-corrected chi connectivity index (χ0v) is 10.3. The number of hydrogen-bond acceptors (Lipinski definition) is 1. The molecule has 0 radical (unpaired) electrons. The van der Waals surface area contributed by atoms with E-state index < -0.39 is 0 Å². The standard InChI is InChI=1S/C15H21N/c1-2-5-12-10-13-6-3-8-16-9-4-7-14(11-12)15(13)16/h10-11H,2-9H2,1H3. The van der Waals surface area contributed by atoms with Crippen LogP contribution in [0.5, 0.6) is 0 Å². The molecule has 0 spiro atoms. The van der Waals surface area contributed by atoms with Crippen LogP contribution in [0, 0.1) is 0 Å². The third-order valence-electron chi connectivity index (χ3n) is 3.93. The molecule has 0 bridgehead atoms. The smallest absolute Gasteiger partial charge is 0.0431 e. The number of nitrogens with zero attached hydrogens (tertiary/aromatic N) is 1. The highest BCUT2D eigenvalue weighted by molar-refractivity contribution is 5.64. The first-order valence-corrected chi connectivity index (χ1v) is 6.78. The van der Waals surface area contributed by atoms with Gasteiger partial charge in [-0.15, -0.1) is 0 Å². The van der Waals surface area contributed by atoms with Gasteiger partial charge in [-0.1, -0.05) is 25.5 Å². The number of rotatable bonds is 2. The van der Waals surface area contributed by atoms with Crippen molar-refractivity contribution in [2.75, 3.05) is 18.0 Å². The van der Waals surface area contributed by atoms with Gasteiger partial charge < -0.3 is 4.90 Å². The molecule has 0 atom stereocenters. The Morgan fingerprint density at radius 2 is 1.69 bits per heavy atom. The number of anilines is 1. The molecule has 0 aromatic heterocycles. The Morgan fingerprint density at radius 3 is 2.25 bits per heavy atom. The van der Waals surface area contributed by atoms with Crippen LogP contribution < -0.4 is 4.90 Å². The van der Waals surface area contributed by atoms with Crippen LogP contribution in [0.25, 0.3) is 0 Å². The van der Waals surface area contributed by atoms with Gasteiger partial charge in [0.25, 0.3) is 0 Å². The first-order valence-electron chi connectivity index (χ1n) is 6.78. The molecule has 0 unspecified atom stereocenters. The first-order chi connectivity index (χ1) is 7.88. The molecule has 2 heterocycles. The molecule has 2 aliphatic rings. The van der Waals surface area contributed by atoms with Gasteiger partial charge >= 0.3 is 0 Å². The van der Waals surface area contributed by atoms with Crippen LogP contribution >= 0.6 is 0 Å². The van der Waals surface area contributed by atoms with Gasteiger partial charge in [0, 0.05) is 18.8 Å². The average Bonchev–Trinajstić information content (AvgIpc) is 2.30. The minimum Gasteiger partial charge on any atom is -0.371 e. The summed E-state index contributed by atoms with van der Waals surface area (Å²) >= 11 is 0. The summed E-state index contributed by atoms with van der Waals surface area (Å²) in [7, 11) is 0. The molecule has 0 N–H and O–H groups in total. The highest BCUT2D eigenvalue weighted by atomic mass is 15.1. The third kappa shape index (κ3) is 1.63. The monoisotopic (exact) mass is 215 g/mol. The van der Waals surface area contributed by atoms with Gasteiger partial charge in [-0.05, 0) is 48.8 Å². The molecule has 0 saturated heterocycles. The Kier molecular flexibility index (Phi) is 2.62. The van der Waals surface area contributed by atoms with E-state index in [0.29, 0.717) is 0 Å². The summed E-state index contributed by atoms with van der Waals surface area (Å²) in [5.41, 5.74) is 6.44. The molecule has 0 fully saturated rings. The zero-order valence-electron chi connectivity index (χ0n) is 10.3. The van der Waals surface area contributed by atoms with Crippen LogP contribution in [0.3, 0.4) is 0 Å². The van der Waals surface area contributed by atoms with Crippen LogP contribution in [-0.4, -0.2) is 13.1 Å². The molecule has 0 aliphatic carbocycles. The Labute approximate surface area is 98.5 Å². The average molecular weight is 215 g/mol. The Morgan fingerprint density at radius 1 is 1.06 bits per heavy atom. The fourth-order valence-electron chi connectivity index (χ4n) is 3.31. The predicted molar refractivity (Wildman–Crippen MR) is 69.3 cm³/mol. The lowest BCUT2D eigenvalue weighted by atomic mass is 9.89. The van der Waals surface area contributed by atoms with E-state index >= 15 is 0 Å². The van der Waals surface area contributed by atoms with E-state index in [9.17, 15) is 0 Å². The summed E-state index contributed by atoms with van der Waals surface area (Å²) in [6, 6.07) is 4.94. The summed E-state index contributed by atoms with van der Waals surface area (Å²) in [5.74, 6) is 0. The van der Waals surface area contributed by atoms with Crippen LogP contribution in [0.15, 0.2) is 12.1 Å². The van der Waals surface area contributed by atoms with E-state index in [1.54, 1.807) is 22.4 Å². The Balaban J connectivity index is 2.06. The quantitative estimate of drug-likeness (QED) is 0.731. The second-order valence-electron chi connectivity index (χ2n) is 5.21. The lowest BCUT2D eigenvalue weighted by Crippen LogP contribution is -2.34. The molecule has 3 rings (SSSR count). The second kappa shape index (κ2) is 4.12. The number of hydrogen-bond donors (Lipinski definition) is 0. The summed E-state index contributed by atoms with van der Waals surface area (Å²) in [5, 5.41) is 0. The maximum Gasteiger partial charge on any atom is 0.0431 e. The van der Waals surface area contributed by atoms with E-state index in [0.717, 1.165) is 0 Å². The molecular weight excluding hydrogens is 194 g/mol. The molecule has 1 aromatic rings. The van der Waals surface area contributed by atoms with Gasteiger partial charge in [0.15, 0.2) is 0 Å². The molecule has 1 heteroatoms. The second-order valence-corrected chi connectivity index (χ2v) is 5.21. The van der Waals surface area contributed by atoms with Crippen LogP contribution in [0.1, 0.15) is 42.9 Å². The van der Waals surface area contributed by atoms with Gasteiger partial charge in [-0.25, -0.2) is 0 Å². The SMILES string of the molecule is CCCc1cc2c3c(c1)CCCN3CCC2. The van der Waals surface area contributed by atoms with Gasteiger partial charge in [0.1, 0.15) is 0 Å². The maximum atomic E-state index is 2.62. The highest BCUT2D eigenvalue weighted by Gasteiger charge is 2.23. The van der Waals surface area contributed by atoms with Crippen molar-refractivity contribution in [3.63, 3.8) is 0 Å². The van der Waals surface area contributed by atoms with Crippen LogP contribution in [-0.2, 0) is 19.3 Å². The molecule has 0 amide bonds. The van der Waals surface area contributed by atoms with E-state index in [1.807, 2.05) is 0 Å². The van der Waals surface area contributed by atoms with E-state index in [1.165, 1.54) is 51.6 Å². The summed E-state index contributed by atoms with van der Waals surface area (Å²) in [6.07, 6.45) is 7.82. The fourth-order valence-corrected chi connectivity index (χ4v) is 3.31. The van der Waals surface area contributed by atoms with Crippen molar-refractivity contribution in [1.82, 2.24) is 0 Å². The predicted octanol–water partition coefficient (Wildman–Crippen LogP) is 3.34. The van der Waals surface area contributed by atoms with Gasteiger partial charge in [-0.2, -0.15) is 0 Å². The maximum absolute atomic E-state index is 2.62. The Hall–Kier alpha value is -0.980. The highest BCUT2D eigenvalue weighted by Crippen LogP contribution is 2.36. The lowest BCUT2D eigenvalue weighted by Gasteiger charge is -2.37. The summed E-state index contributed by atoms with van der Waals surface area (Å²) in [6.45, 7) is 4.84. The summed E-state index contributed by atoms with van der Waals surface area (Å²) in [4.78, 5) is 2.62. The number of benzene rings is 1. The molecular formula is C15H21N. The van der Waals surface area contributed by atoms with E-state index in [-0.39, 0.29) is 0 Å². The largest absolute Gasteiger partial charge is 0.371 e. The first kappa shape index (κ1) is 10.2. The summed E-state index contributed by atoms with van der Waals surface area (Å²) < 4.78 is 0. The molecule has 86 valence electrons. The number of aryl methyl sites for hydroxylation is 3. The van der Waals surface area contributed by atoms with E-state index in [2.05, 4.69) is 24.0 Å². The Bertz CT molecular complexity index is 363. The van der Waals surface area contributed by atoms with Crippen molar-refractivity contribution in [3.8, 4) is 0 Å². The van der Waals surface area contributed by atoms with Crippen molar-refractivity contribution in [2.45, 2.75) is 45.4 Å². The van der Waals surface area contributed by atoms with Crippen molar-refractivity contribution < 1.29 is 0 Å². The minimum atomic E-state index is 1.25. The van der Waals surface area contributed by atoms with Crippen LogP contribution in [0.2, 0.25) is 0 Å². The van der Waals surface area contributed by atoms with Crippen molar-refractivity contribution in [2.24, 2.45) is 0 Å². The van der Waals surface area contributed by atoms with Gasteiger partial charge in [-0.3, -0.25) is 0 Å². The molecule has 2 aliphatic heterocycles. The fraction of sp³-hybridized carbons (Fsp3) is 0.600. The topological polar surface area (TPSA) is 3.24 Å². The molecule has 1 aromatic carbocycles. The molecule has 1 nitrogen and oxygen atoms in total. The minimum absolute atomic E-state index is 1.25. The van der Waals surface area contributed by atoms with Gasteiger partial charge in [0.2, 0.25) is 0 Å². The van der Waals surface area contributed by atoms with Crippen LogP contribution in [0.4, 0.5) is 5.69 Å². The molecule has 0 saturated carbocycles. The normalized spacial score (nSPS) is 18.4. The van der Waals surface area contributed by atoms with E-state index in [4.69, 9.17) is 0 Å².